The summed E-state index contributed by atoms with van der Waals surface area (Å²) in [6, 6.07) is -0.529. The van der Waals surface area contributed by atoms with Crippen molar-refractivity contribution in [1.29, 1.82) is 0 Å². The van der Waals surface area contributed by atoms with Gasteiger partial charge in [-0.15, -0.1) is 11.8 Å². The minimum Gasteiger partial charge on any atom is -0.477 e. The van der Waals surface area contributed by atoms with E-state index in [4.69, 9.17) is 0 Å². The van der Waals surface area contributed by atoms with Gasteiger partial charge in [0.1, 0.15) is 5.70 Å². The van der Waals surface area contributed by atoms with E-state index in [1.165, 1.54) is 16.7 Å². The molecule has 0 bridgehead atoms. The van der Waals surface area contributed by atoms with E-state index < -0.39 is 11.9 Å². The van der Waals surface area contributed by atoms with Crippen LogP contribution in [-0.2, 0) is 19.2 Å². The van der Waals surface area contributed by atoms with Crippen molar-refractivity contribution in [2.75, 3.05) is 46.8 Å². The Morgan fingerprint density at radius 1 is 1.24 bits per heavy atom. The molecule has 4 fully saturated rings. The molecule has 0 spiro atoms. The maximum absolute atomic E-state index is 13.2. The lowest BCUT2D eigenvalue weighted by atomic mass is 9.78. The zero-order valence-corrected chi connectivity index (χ0v) is 23.4. The highest BCUT2D eigenvalue weighted by atomic mass is 32.2. The average Bonchev–Trinajstić information content (AvgIpc) is 3.55. The number of nitrogens with one attached hydrogen (secondary N) is 3. The number of hydrogen-bond donors (Lipinski definition) is 4. The standard InChI is InChI=1S/C26H40N6O5S/c1-13-21-20(14(2)29-19(33)12-31-8-6-15-10-27-7-5-18(15)31)25(35)32(21)22(26(36)37)23(13)38-16-9-17(28-11-16)24(34)30(3)4/h13-18,20-21,27-28H,5-12H2,1-4H3,(H,29,33)(H,36,37). The zero-order valence-electron chi connectivity index (χ0n) is 22.6. The van der Waals surface area contributed by atoms with Crippen LogP contribution in [0, 0.1) is 17.8 Å². The number of carbonyl (C=O) groups is 4. The van der Waals surface area contributed by atoms with Crippen LogP contribution in [0.15, 0.2) is 10.6 Å². The van der Waals surface area contributed by atoms with E-state index in [-0.39, 0.29) is 52.7 Å². The molecule has 0 aromatic rings. The molecule has 0 radical (unpaired) electrons. The number of rotatable bonds is 8. The Morgan fingerprint density at radius 2 is 2.00 bits per heavy atom. The summed E-state index contributed by atoms with van der Waals surface area (Å²) in [4.78, 5) is 56.8. The zero-order chi connectivity index (χ0) is 27.3. The maximum atomic E-state index is 13.2. The number of β-lactam (4-membered cyclic amide) rings is 1. The van der Waals surface area contributed by atoms with E-state index in [9.17, 15) is 24.3 Å². The minimum atomic E-state index is -1.11. The van der Waals surface area contributed by atoms with Crippen molar-refractivity contribution < 1.29 is 24.3 Å². The number of likely N-dealkylation sites (tertiary alicyclic amines) is 1. The highest BCUT2D eigenvalue weighted by Gasteiger charge is 2.60. The van der Waals surface area contributed by atoms with Crippen LogP contribution in [0.2, 0.25) is 0 Å². The number of amides is 3. The van der Waals surface area contributed by atoms with Gasteiger partial charge in [-0.25, -0.2) is 4.79 Å². The molecule has 0 aromatic heterocycles. The smallest absolute Gasteiger partial charge is 0.353 e. The molecule has 38 heavy (non-hydrogen) atoms. The molecule has 5 rings (SSSR count). The Balaban J connectivity index is 1.21. The summed E-state index contributed by atoms with van der Waals surface area (Å²) < 4.78 is 0. The summed E-state index contributed by atoms with van der Waals surface area (Å²) >= 11 is 1.47. The molecule has 4 N–H and O–H groups in total. The first kappa shape index (κ1) is 27.4. The van der Waals surface area contributed by atoms with Crippen LogP contribution in [0.5, 0.6) is 0 Å². The normalized spacial score (nSPS) is 35.5. The molecule has 8 atom stereocenters. The lowest BCUT2D eigenvalue weighted by molar-refractivity contribution is -0.158. The maximum Gasteiger partial charge on any atom is 0.353 e. The number of hydrogen-bond acceptors (Lipinski definition) is 8. The fraction of sp³-hybridized carbons (Fsp3) is 0.769. The van der Waals surface area contributed by atoms with Crippen molar-refractivity contribution in [2.24, 2.45) is 17.8 Å². The highest BCUT2D eigenvalue weighted by molar-refractivity contribution is 8.03. The van der Waals surface area contributed by atoms with Gasteiger partial charge in [0.2, 0.25) is 17.7 Å². The number of thioether (sulfide) groups is 1. The Kier molecular flexibility index (Phi) is 7.78. The van der Waals surface area contributed by atoms with Crippen molar-refractivity contribution in [3.8, 4) is 0 Å². The number of carboxylic acid groups (broad SMARTS) is 1. The first-order valence-electron chi connectivity index (χ1n) is 13.7. The van der Waals surface area contributed by atoms with Gasteiger partial charge in [-0.2, -0.15) is 0 Å². The second kappa shape index (κ2) is 10.8. The average molecular weight is 549 g/mol. The lowest BCUT2D eigenvalue weighted by Gasteiger charge is -2.47. The van der Waals surface area contributed by atoms with E-state index >= 15 is 0 Å². The summed E-state index contributed by atoms with van der Waals surface area (Å²) in [5, 5.41) is 19.8. The molecule has 4 saturated heterocycles. The van der Waals surface area contributed by atoms with Crippen LogP contribution in [0.1, 0.15) is 33.1 Å². The molecule has 5 aliphatic rings. The molecule has 12 heteroatoms. The van der Waals surface area contributed by atoms with Crippen molar-refractivity contribution in [2.45, 2.75) is 62.5 Å². The molecule has 8 unspecified atom stereocenters. The van der Waals surface area contributed by atoms with Crippen molar-refractivity contribution in [3.63, 3.8) is 0 Å². The van der Waals surface area contributed by atoms with Crippen molar-refractivity contribution >= 4 is 35.5 Å². The molecule has 0 aromatic carbocycles. The number of carboxylic acids is 1. The predicted octanol–water partition coefficient (Wildman–Crippen LogP) is -0.500. The van der Waals surface area contributed by atoms with Gasteiger partial charge in [-0.1, -0.05) is 6.92 Å². The summed E-state index contributed by atoms with van der Waals surface area (Å²) in [5.41, 5.74) is 0.0590. The highest BCUT2D eigenvalue weighted by Crippen LogP contribution is 2.51. The van der Waals surface area contributed by atoms with Gasteiger partial charge in [0.25, 0.3) is 0 Å². The van der Waals surface area contributed by atoms with Crippen LogP contribution in [0.4, 0.5) is 0 Å². The van der Waals surface area contributed by atoms with E-state index in [2.05, 4.69) is 20.9 Å². The fourth-order valence-electron chi connectivity index (χ4n) is 7.12. The van der Waals surface area contributed by atoms with E-state index in [1.807, 2.05) is 13.8 Å². The Morgan fingerprint density at radius 3 is 2.71 bits per heavy atom. The third kappa shape index (κ3) is 4.84. The van der Waals surface area contributed by atoms with Crippen LogP contribution in [0.3, 0.4) is 0 Å². The second-order valence-corrected chi connectivity index (χ2v) is 13.0. The quantitative estimate of drug-likeness (QED) is 0.296. The second-order valence-electron chi connectivity index (χ2n) is 11.6. The monoisotopic (exact) mass is 548 g/mol. The minimum absolute atomic E-state index is 0.00763. The molecule has 0 aliphatic carbocycles. The van der Waals surface area contributed by atoms with Gasteiger partial charge >= 0.3 is 5.97 Å². The Hall–Kier alpha value is -2.15. The van der Waals surface area contributed by atoms with E-state index in [0.717, 1.165) is 32.5 Å². The van der Waals surface area contributed by atoms with Gasteiger partial charge in [-0.05, 0) is 51.7 Å². The molecule has 210 valence electrons. The van der Waals surface area contributed by atoms with E-state index in [0.29, 0.717) is 36.4 Å². The Bertz CT molecular complexity index is 1040. The number of aliphatic carboxylic acids is 1. The largest absolute Gasteiger partial charge is 0.477 e. The summed E-state index contributed by atoms with van der Waals surface area (Å²) in [6.07, 6.45) is 2.75. The summed E-state index contributed by atoms with van der Waals surface area (Å²) in [6.45, 7) is 7.65. The van der Waals surface area contributed by atoms with Gasteiger partial charge < -0.3 is 30.9 Å². The van der Waals surface area contributed by atoms with Crippen LogP contribution in [-0.4, -0.2) is 120 Å². The Labute approximate surface area is 228 Å². The predicted molar refractivity (Wildman–Crippen MR) is 143 cm³/mol. The lowest BCUT2D eigenvalue weighted by Crippen LogP contribution is -2.66. The van der Waals surface area contributed by atoms with Gasteiger partial charge in [0, 0.05) is 48.8 Å². The van der Waals surface area contributed by atoms with Gasteiger partial charge in [-0.3, -0.25) is 19.3 Å². The third-order valence-electron chi connectivity index (χ3n) is 9.01. The number of fused-ring (bicyclic) bond motifs is 2. The summed E-state index contributed by atoms with van der Waals surface area (Å²) in [5.74, 6) is -1.45. The molecule has 0 saturated carbocycles. The molecule has 11 nitrogen and oxygen atoms in total. The topological polar surface area (TPSA) is 134 Å². The number of nitrogens with zero attached hydrogens (tertiary/aromatic N) is 3. The fourth-order valence-corrected chi connectivity index (χ4v) is 8.60. The van der Waals surface area contributed by atoms with Crippen molar-refractivity contribution in [1.82, 2.24) is 30.7 Å². The molecular formula is C26H40N6O5S. The molecular weight excluding hydrogens is 508 g/mol. The van der Waals surface area contributed by atoms with E-state index in [1.54, 1.807) is 19.0 Å². The number of likely N-dealkylation sites (N-methyl/N-ethyl adjacent to an activating group) is 1. The molecule has 3 amide bonds. The van der Waals surface area contributed by atoms with Gasteiger partial charge in [0.05, 0.1) is 24.5 Å². The van der Waals surface area contributed by atoms with Crippen LogP contribution >= 0.6 is 11.8 Å². The SMILES string of the molecule is CC(NC(=O)CN1CCC2CNCCC21)C1C(=O)N2C(C(=O)O)=C(SC3CNC(C(=O)N(C)C)C3)C(C)C12. The van der Waals surface area contributed by atoms with Crippen LogP contribution in [0.25, 0.3) is 0 Å². The molecule has 5 aliphatic heterocycles. The molecule has 5 heterocycles. The van der Waals surface area contributed by atoms with Gasteiger partial charge in [0.15, 0.2) is 0 Å². The third-order valence-corrected chi connectivity index (χ3v) is 10.5. The summed E-state index contributed by atoms with van der Waals surface area (Å²) in [7, 11) is 3.45. The van der Waals surface area contributed by atoms with Crippen molar-refractivity contribution in [3.05, 3.63) is 10.6 Å². The first-order chi connectivity index (χ1) is 18.1. The van der Waals surface area contributed by atoms with Crippen LogP contribution < -0.4 is 16.0 Å². The first-order valence-corrected chi connectivity index (χ1v) is 14.6. The number of carbonyl (C=O) groups excluding carboxylic acids is 3. The number of piperidine rings is 1.